The summed E-state index contributed by atoms with van der Waals surface area (Å²) in [5.74, 6) is -0.755. The van der Waals surface area contributed by atoms with E-state index in [0.29, 0.717) is 34.1 Å². The number of hydrogen-bond donors (Lipinski definition) is 2. The van der Waals surface area contributed by atoms with Gasteiger partial charge in [0.2, 0.25) is 5.91 Å². The third kappa shape index (κ3) is 6.77. The van der Waals surface area contributed by atoms with E-state index in [-0.39, 0.29) is 23.7 Å². The van der Waals surface area contributed by atoms with Crippen molar-refractivity contribution in [3.05, 3.63) is 70.9 Å². The minimum absolute atomic E-state index is 0.0741. The Hall–Kier alpha value is -3.87. The van der Waals surface area contributed by atoms with Gasteiger partial charge in [-0.2, -0.15) is 13.2 Å². The molecule has 5 rings (SSSR count). The third-order valence-corrected chi connectivity index (χ3v) is 8.22. The Bertz CT molecular complexity index is 1630. The first-order valence-corrected chi connectivity index (χ1v) is 14.4. The quantitative estimate of drug-likeness (QED) is 0.271. The van der Waals surface area contributed by atoms with Crippen LogP contribution in [0.3, 0.4) is 0 Å². The predicted molar refractivity (Wildman–Crippen MR) is 159 cm³/mol. The second-order valence-corrected chi connectivity index (χ2v) is 11.3. The zero-order valence-electron chi connectivity index (χ0n) is 23.5. The van der Waals surface area contributed by atoms with Crippen molar-refractivity contribution in [1.29, 1.82) is 0 Å². The zero-order chi connectivity index (χ0) is 30.0. The molecule has 0 unspecified atom stereocenters. The van der Waals surface area contributed by atoms with Crippen molar-refractivity contribution in [3.8, 4) is 11.1 Å². The molecule has 0 atom stereocenters. The molecule has 0 saturated carbocycles. The summed E-state index contributed by atoms with van der Waals surface area (Å²) in [7, 11) is 0. The number of benzene rings is 2. The van der Waals surface area contributed by atoms with E-state index >= 15 is 0 Å². The van der Waals surface area contributed by atoms with Crippen LogP contribution in [0.25, 0.3) is 21.5 Å². The minimum Gasteiger partial charge on any atom is -0.322 e. The number of alkyl halides is 3. The fourth-order valence-corrected chi connectivity index (χ4v) is 5.85. The van der Waals surface area contributed by atoms with Gasteiger partial charge in [-0.05, 0) is 60.5 Å². The highest BCUT2D eigenvalue weighted by Crippen LogP contribution is 2.35. The Morgan fingerprint density at radius 2 is 1.74 bits per heavy atom. The highest BCUT2D eigenvalue weighted by molar-refractivity contribution is 7.21. The molecule has 4 aromatic rings. The van der Waals surface area contributed by atoms with Crippen molar-refractivity contribution < 1.29 is 22.8 Å². The van der Waals surface area contributed by atoms with Crippen LogP contribution < -0.4 is 10.6 Å². The van der Waals surface area contributed by atoms with E-state index < -0.39 is 17.6 Å². The van der Waals surface area contributed by atoms with Crippen molar-refractivity contribution in [1.82, 2.24) is 19.8 Å². The molecule has 1 aliphatic rings. The molecule has 0 spiro atoms. The van der Waals surface area contributed by atoms with Crippen LogP contribution in [0.2, 0.25) is 0 Å². The Kier molecular flexibility index (Phi) is 8.58. The van der Waals surface area contributed by atoms with Crippen LogP contribution in [-0.2, 0) is 17.5 Å². The van der Waals surface area contributed by atoms with E-state index in [1.165, 1.54) is 30.4 Å². The molecule has 2 N–H and O–H groups in total. The van der Waals surface area contributed by atoms with Crippen LogP contribution in [-0.4, -0.2) is 64.3 Å². The van der Waals surface area contributed by atoms with Gasteiger partial charge in [0.05, 0.1) is 5.56 Å². The minimum atomic E-state index is -4.56. The molecular formula is C30H31F3N6O2S. The average Bonchev–Trinajstić information content (AvgIpc) is 3.34. The highest BCUT2D eigenvalue weighted by Gasteiger charge is 2.34. The number of carbonyl (C=O) groups is 2. The lowest BCUT2D eigenvalue weighted by Gasteiger charge is -2.34. The molecule has 0 bridgehead atoms. The Balaban J connectivity index is 1.35. The first-order chi connectivity index (χ1) is 20.0. The van der Waals surface area contributed by atoms with E-state index in [1.807, 2.05) is 17.9 Å². The summed E-state index contributed by atoms with van der Waals surface area (Å²) in [5.41, 5.74) is 2.75. The standard InChI is InChI=1S/C30H31F3N6O2S/c1-4-38-9-11-39(12-10-38)17-21-7-8-23(15-25(21)30(31,32)33)36-27(41)20-6-5-18(2)24(13-20)22-14-26-28(34-16-22)42-29(37-26)35-19(3)40/h5-8,13-16H,4,9-12,17H2,1-3H3,(H,36,41)(H,35,37,40). The van der Waals surface area contributed by atoms with E-state index in [9.17, 15) is 22.8 Å². The largest absolute Gasteiger partial charge is 0.416 e. The van der Waals surface area contributed by atoms with Gasteiger partial charge in [-0.1, -0.05) is 30.4 Å². The molecule has 2 aromatic carbocycles. The molecule has 1 saturated heterocycles. The second kappa shape index (κ2) is 12.2. The number of hydrogen-bond acceptors (Lipinski definition) is 7. The van der Waals surface area contributed by atoms with E-state index in [1.54, 1.807) is 24.4 Å². The van der Waals surface area contributed by atoms with E-state index in [0.717, 1.165) is 42.4 Å². The molecule has 8 nitrogen and oxygen atoms in total. The van der Waals surface area contributed by atoms with Crippen LogP contribution in [0, 0.1) is 6.92 Å². The van der Waals surface area contributed by atoms with Gasteiger partial charge in [0.15, 0.2) is 5.13 Å². The predicted octanol–water partition coefficient (Wildman–Crippen LogP) is 6.03. The van der Waals surface area contributed by atoms with Crippen molar-refractivity contribution in [2.75, 3.05) is 43.4 Å². The number of rotatable bonds is 7. The molecule has 42 heavy (non-hydrogen) atoms. The van der Waals surface area contributed by atoms with Gasteiger partial charge < -0.3 is 15.5 Å². The van der Waals surface area contributed by atoms with Gasteiger partial charge in [-0.15, -0.1) is 0 Å². The van der Waals surface area contributed by atoms with Gasteiger partial charge in [0.25, 0.3) is 5.91 Å². The van der Waals surface area contributed by atoms with Crippen LogP contribution in [0.5, 0.6) is 0 Å². The molecule has 12 heteroatoms. The first kappa shape index (κ1) is 29.6. The number of carbonyl (C=O) groups excluding carboxylic acids is 2. The number of aryl methyl sites for hydroxylation is 1. The fourth-order valence-electron chi connectivity index (χ4n) is 5.01. The fraction of sp³-hybridized carbons (Fsp3) is 0.333. The zero-order valence-corrected chi connectivity index (χ0v) is 24.3. The molecule has 220 valence electrons. The van der Waals surface area contributed by atoms with Crippen molar-refractivity contribution >= 4 is 44.3 Å². The maximum Gasteiger partial charge on any atom is 0.416 e. The summed E-state index contributed by atoms with van der Waals surface area (Å²) < 4.78 is 42.1. The number of likely N-dealkylation sites (N-methyl/N-ethyl adjacent to an activating group) is 1. The van der Waals surface area contributed by atoms with Crippen LogP contribution in [0.1, 0.15) is 40.9 Å². The Labute approximate surface area is 245 Å². The number of piperazine rings is 1. The average molecular weight is 597 g/mol. The smallest absolute Gasteiger partial charge is 0.322 e. The number of nitrogens with one attached hydrogen (secondary N) is 2. The molecule has 1 fully saturated rings. The number of nitrogens with zero attached hydrogens (tertiary/aromatic N) is 4. The summed E-state index contributed by atoms with van der Waals surface area (Å²) in [4.78, 5) is 38.4. The lowest BCUT2D eigenvalue weighted by molar-refractivity contribution is -0.138. The number of halogens is 3. The third-order valence-electron chi connectivity index (χ3n) is 7.32. The van der Waals surface area contributed by atoms with E-state index in [4.69, 9.17) is 0 Å². The van der Waals surface area contributed by atoms with Gasteiger partial charge in [0.1, 0.15) is 10.3 Å². The Morgan fingerprint density at radius 1 is 1.00 bits per heavy atom. The number of amides is 2. The van der Waals surface area contributed by atoms with Crippen LogP contribution >= 0.6 is 11.3 Å². The maximum absolute atomic E-state index is 14.0. The molecule has 3 heterocycles. The Morgan fingerprint density at radius 3 is 2.43 bits per heavy atom. The van der Waals surface area contributed by atoms with Crippen LogP contribution in [0.4, 0.5) is 24.0 Å². The lowest BCUT2D eigenvalue weighted by Crippen LogP contribution is -2.45. The highest BCUT2D eigenvalue weighted by atomic mass is 32.1. The van der Waals surface area contributed by atoms with Gasteiger partial charge in [-0.25, -0.2) is 9.97 Å². The molecule has 0 radical (unpaired) electrons. The SMILES string of the molecule is CCN1CCN(Cc2ccc(NC(=O)c3ccc(C)c(-c4cnc5sc(NC(C)=O)nc5c4)c3)cc2C(F)(F)F)CC1. The van der Waals surface area contributed by atoms with Crippen molar-refractivity contribution in [3.63, 3.8) is 0 Å². The monoisotopic (exact) mass is 596 g/mol. The number of pyridine rings is 1. The van der Waals surface area contributed by atoms with Gasteiger partial charge >= 0.3 is 6.18 Å². The number of aromatic nitrogens is 2. The first-order valence-electron chi connectivity index (χ1n) is 13.6. The number of anilines is 2. The normalized spacial score (nSPS) is 14.7. The van der Waals surface area contributed by atoms with E-state index in [2.05, 4.69) is 32.4 Å². The second-order valence-electron chi connectivity index (χ2n) is 10.3. The van der Waals surface area contributed by atoms with Gasteiger partial charge in [0, 0.05) is 62.7 Å². The summed E-state index contributed by atoms with van der Waals surface area (Å²) in [6, 6.07) is 10.9. The summed E-state index contributed by atoms with van der Waals surface area (Å²) in [5, 5.41) is 5.73. The molecule has 2 amide bonds. The molecule has 0 aliphatic carbocycles. The molecule has 1 aliphatic heterocycles. The van der Waals surface area contributed by atoms with Crippen molar-refractivity contribution in [2.24, 2.45) is 0 Å². The van der Waals surface area contributed by atoms with Gasteiger partial charge in [-0.3, -0.25) is 14.5 Å². The topological polar surface area (TPSA) is 90.5 Å². The maximum atomic E-state index is 14.0. The number of thiazole rings is 1. The number of fused-ring (bicyclic) bond motifs is 1. The summed E-state index contributed by atoms with van der Waals surface area (Å²) >= 11 is 1.25. The summed E-state index contributed by atoms with van der Waals surface area (Å²) in [6.45, 7) is 9.57. The lowest BCUT2D eigenvalue weighted by atomic mass is 9.98. The summed E-state index contributed by atoms with van der Waals surface area (Å²) in [6.07, 6.45) is -2.89. The molecule has 2 aromatic heterocycles. The van der Waals surface area contributed by atoms with Crippen LogP contribution in [0.15, 0.2) is 48.7 Å². The molecular weight excluding hydrogens is 565 g/mol. The van der Waals surface area contributed by atoms with Crippen molar-refractivity contribution in [2.45, 2.75) is 33.5 Å².